The third kappa shape index (κ3) is 4.03. The van der Waals surface area contributed by atoms with Gasteiger partial charge in [0.25, 0.3) is 11.8 Å². The Morgan fingerprint density at radius 2 is 1.47 bits per heavy atom. The third-order valence-electron chi connectivity index (χ3n) is 2.18. The lowest BCUT2D eigenvalue weighted by Gasteiger charge is -2.36. The average Bonchev–Trinajstić information content (AvgIpc) is 1.95. The van der Waals surface area contributed by atoms with Gasteiger partial charge in [0.15, 0.2) is 0 Å². The highest BCUT2D eigenvalue weighted by molar-refractivity contribution is 8.21. The molecule has 0 saturated carbocycles. The predicted octanol–water partition coefficient (Wildman–Crippen LogP) is 7.95. The van der Waals surface area contributed by atoms with Gasteiger partial charge in [-0.2, -0.15) is 4.52 Å². The van der Waals surface area contributed by atoms with Crippen molar-refractivity contribution < 1.29 is 0 Å². The van der Waals surface area contributed by atoms with E-state index < -0.39 is 19.0 Å². The zero-order valence-corrected chi connectivity index (χ0v) is 15.4. The van der Waals surface area contributed by atoms with Crippen molar-refractivity contribution in [2.24, 2.45) is 13.5 Å². The quantitative estimate of drug-likeness (QED) is 0.347. The molecular weight excluding hydrogens is 361 g/mol. The lowest BCUT2D eigenvalue weighted by molar-refractivity contribution is 0.776. The van der Waals surface area contributed by atoms with Gasteiger partial charge in [-0.15, -0.1) is 6.58 Å². The molecule has 1 unspecified atom stereocenters. The second kappa shape index (κ2) is 5.17. The summed E-state index contributed by atoms with van der Waals surface area (Å²) in [5.74, 6) is -5.64. The normalized spacial score (nSPS) is 30.8. The lowest BCUT2D eigenvalue weighted by Crippen LogP contribution is -2.15. The molecule has 1 aliphatic heterocycles. The van der Waals surface area contributed by atoms with E-state index in [-0.39, 0.29) is 5.16 Å². The van der Waals surface area contributed by atoms with Gasteiger partial charge in [0, 0.05) is 11.3 Å². The maximum Gasteiger partial charge on any atom is 0.255 e. The highest BCUT2D eigenvalue weighted by Crippen LogP contribution is 2.87. The standard InChI is InChI=1S/C7H14Cl4N3P3/c1-5-6-15(7(2,3)4)12-16(8,9)14-17(10,11)13-15/h5H,1,6H2,2-4H3. The number of allylic oxidation sites excluding steroid dienone is 1. The first-order valence-electron chi connectivity index (χ1n) is 4.73. The van der Waals surface area contributed by atoms with Crippen LogP contribution in [0.2, 0.25) is 0 Å². The van der Waals surface area contributed by atoms with Gasteiger partial charge in [-0.1, -0.05) is 26.8 Å². The third-order valence-corrected chi connectivity index (χ3v) is 15.8. The van der Waals surface area contributed by atoms with Gasteiger partial charge in [-0.05, 0) is 45.0 Å². The smallest absolute Gasteiger partial charge is 0.212 e. The van der Waals surface area contributed by atoms with E-state index in [2.05, 4.69) is 20.1 Å². The molecule has 0 bridgehead atoms. The van der Waals surface area contributed by atoms with Crippen LogP contribution in [0, 0.1) is 0 Å². The number of halogens is 4. The van der Waals surface area contributed by atoms with Gasteiger partial charge in [0.2, 0.25) is 0 Å². The summed E-state index contributed by atoms with van der Waals surface area (Å²) < 4.78 is 13.0. The molecule has 1 atom stereocenters. The molecule has 17 heavy (non-hydrogen) atoms. The number of hydrogen-bond donors (Lipinski definition) is 0. The van der Waals surface area contributed by atoms with Crippen LogP contribution in [-0.4, -0.2) is 11.3 Å². The van der Waals surface area contributed by atoms with Crippen molar-refractivity contribution in [3.63, 3.8) is 0 Å². The molecule has 0 amide bonds. The van der Waals surface area contributed by atoms with E-state index in [1.165, 1.54) is 0 Å². The molecule has 0 aromatic rings. The largest absolute Gasteiger partial charge is 0.255 e. The van der Waals surface area contributed by atoms with Crippen LogP contribution in [-0.2, 0) is 0 Å². The first-order valence-corrected chi connectivity index (χ1v) is 13.6. The number of nitrogens with zero attached hydrogens (tertiary/aromatic N) is 3. The van der Waals surface area contributed by atoms with Crippen molar-refractivity contribution in [2.45, 2.75) is 25.9 Å². The van der Waals surface area contributed by atoms with Gasteiger partial charge in [-0.25, -0.2) is 9.03 Å². The van der Waals surface area contributed by atoms with Crippen LogP contribution < -0.4 is 0 Å². The Hall–Kier alpha value is 1.59. The van der Waals surface area contributed by atoms with E-state index in [0.29, 0.717) is 6.16 Å². The summed E-state index contributed by atoms with van der Waals surface area (Å²) in [4.78, 5) is 0. The van der Waals surface area contributed by atoms with Crippen molar-refractivity contribution in [3.8, 4) is 0 Å². The van der Waals surface area contributed by atoms with Crippen LogP contribution in [0.4, 0.5) is 0 Å². The fraction of sp³-hybridized carbons (Fsp3) is 0.714. The zero-order chi connectivity index (χ0) is 13.5. The molecule has 0 aromatic carbocycles. The molecule has 0 aromatic heterocycles. The summed E-state index contributed by atoms with van der Waals surface area (Å²) in [5, 5.41) is -0.207. The Morgan fingerprint density at radius 1 is 1.00 bits per heavy atom. The van der Waals surface area contributed by atoms with E-state index in [1.807, 2.05) is 20.8 Å². The van der Waals surface area contributed by atoms with Crippen LogP contribution in [0.3, 0.4) is 0 Å². The Morgan fingerprint density at radius 3 is 1.82 bits per heavy atom. The van der Waals surface area contributed by atoms with E-state index in [9.17, 15) is 0 Å². The van der Waals surface area contributed by atoms with Gasteiger partial charge < -0.3 is 0 Å². The Kier molecular flexibility index (Phi) is 5.07. The van der Waals surface area contributed by atoms with Crippen LogP contribution in [0.1, 0.15) is 20.8 Å². The summed E-state index contributed by atoms with van der Waals surface area (Å²) in [6.45, 7) is 9.83. The fourth-order valence-corrected chi connectivity index (χ4v) is 19.0. The minimum absolute atomic E-state index is 0.207. The molecule has 0 fully saturated rings. The van der Waals surface area contributed by atoms with Crippen molar-refractivity contribution >= 4 is 64.0 Å². The lowest BCUT2D eigenvalue weighted by atomic mass is 10.3. The number of rotatable bonds is 2. The summed E-state index contributed by atoms with van der Waals surface area (Å²) in [6, 6.07) is 0. The van der Waals surface area contributed by atoms with Gasteiger partial charge in [0.05, 0.1) is 7.21 Å². The molecule has 0 saturated heterocycles. The maximum atomic E-state index is 6.12. The van der Waals surface area contributed by atoms with Gasteiger partial charge >= 0.3 is 0 Å². The molecule has 0 radical (unpaired) electrons. The van der Waals surface area contributed by atoms with Crippen molar-refractivity contribution in [1.29, 1.82) is 0 Å². The van der Waals surface area contributed by atoms with Crippen molar-refractivity contribution in [2.75, 3.05) is 6.16 Å². The second-order valence-electron chi connectivity index (χ2n) is 4.55. The Balaban J connectivity index is 3.67. The summed E-state index contributed by atoms with van der Waals surface area (Å²) in [7, 11) is -2.21. The number of hydrogen-bond acceptors (Lipinski definition) is 3. The highest BCUT2D eigenvalue weighted by Gasteiger charge is 2.40. The average molecular weight is 375 g/mol. The zero-order valence-electron chi connectivity index (χ0n) is 9.69. The van der Waals surface area contributed by atoms with E-state index in [1.54, 1.807) is 6.08 Å². The van der Waals surface area contributed by atoms with Crippen LogP contribution >= 0.6 is 64.0 Å². The van der Waals surface area contributed by atoms with Crippen LogP contribution in [0.25, 0.3) is 0 Å². The fourth-order valence-electron chi connectivity index (χ4n) is 1.33. The highest BCUT2D eigenvalue weighted by atomic mass is 35.9. The molecule has 10 heteroatoms. The van der Waals surface area contributed by atoms with E-state index in [0.717, 1.165) is 0 Å². The first-order chi connectivity index (χ1) is 7.43. The van der Waals surface area contributed by atoms with Gasteiger partial charge in [0.1, 0.15) is 0 Å². The van der Waals surface area contributed by atoms with Crippen molar-refractivity contribution in [1.82, 2.24) is 0 Å². The minimum atomic E-state index is -2.82. The molecule has 0 N–H and O–H groups in total. The molecule has 1 aliphatic rings. The summed E-state index contributed by atoms with van der Waals surface area (Å²) in [5.41, 5.74) is 0. The van der Waals surface area contributed by atoms with Gasteiger partial charge in [-0.3, -0.25) is 0 Å². The summed E-state index contributed by atoms with van der Waals surface area (Å²) in [6.07, 6.45) is 2.35. The molecule has 1 rings (SSSR count). The maximum absolute atomic E-state index is 6.12. The Bertz CT molecular complexity index is 485. The molecular formula is C7H14Cl4N3P3. The van der Waals surface area contributed by atoms with Crippen molar-refractivity contribution in [3.05, 3.63) is 12.7 Å². The van der Waals surface area contributed by atoms with E-state index >= 15 is 0 Å². The minimum Gasteiger partial charge on any atom is -0.212 e. The summed E-state index contributed by atoms with van der Waals surface area (Å²) >= 11 is 24.5. The SMILES string of the molecule is C=CCP1(C(C)(C)C)=NP(Cl)(Cl)=NP(Cl)(Cl)=N1. The molecule has 1 heterocycles. The van der Waals surface area contributed by atoms with Crippen LogP contribution in [0.15, 0.2) is 26.2 Å². The molecule has 0 aliphatic carbocycles. The second-order valence-corrected chi connectivity index (χ2v) is 18.4. The van der Waals surface area contributed by atoms with E-state index in [4.69, 9.17) is 45.0 Å². The molecule has 0 spiro atoms. The van der Waals surface area contributed by atoms with Crippen LogP contribution in [0.5, 0.6) is 0 Å². The predicted molar refractivity (Wildman–Crippen MR) is 86.3 cm³/mol. The monoisotopic (exact) mass is 373 g/mol. The first kappa shape index (κ1) is 16.6. The molecule has 100 valence electrons. The Labute approximate surface area is 122 Å². The molecule has 3 nitrogen and oxygen atoms in total. The topological polar surface area (TPSA) is 37.1 Å².